The number of piperidine rings is 1. The van der Waals surface area contributed by atoms with E-state index in [9.17, 15) is 9.18 Å². The van der Waals surface area contributed by atoms with Crippen LogP contribution in [0.2, 0.25) is 0 Å². The lowest BCUT2D eigenvalue weighted by Gasteiger charge is -2.42. The second kappa shape index (κ2) is 5.72. The molecule has 0 aliphatic carbocycles. The summed E-state index contributed by atoms with van der Waals surface area (Å²) in [6, 6.07) is 4.71. The van der Waals surface area contributed by atoms with Crippen molar-refractivity contribution in [2.45, 2.75) is 39.5 Å². The number of rotatable bonds is 4. The van der Waals surface area contributed by atoms with Crippen LogP contribution in [0.4, 0.5) is 10.1 Å². The summed E-state index contributed by atoms with van der Waals surface area (Å²) >= 11 is 0. The zero-order valence-corrected chi connectivity index (χ0v) is 11.8. The Morgan fingerprint density at radius 3 is 2.42 bits per heavy atom. The van der Waals surface area contributed by atoms with Crippen LogP contribution in [0.1, 0.15) is 49.9 Å². The monoisotopic (exact) mass is 263 g/mol. The first kappa shape index (κ1) is 14.0. The molecule has 1 aliphatic heterocycles. The highest BCUT2D eigenvalue weighted by atomic mass is 19.1. The minimum atomic E-state index is -0.287. The number of anilines is 1. The molecule has 0 amide bonds. The molecule has 0 spiro atoms. The minimum absolute atomic E-state index is 0.287. The van der Waals surface area contributed by atoms with Crippen LogP contribution in [-0.2, 0) is 0 Å². The Hall–Kier alpha value is -1.38. The summed E-state index contributed by atoms with van der Waals surface area (Å²) in [5.74, 6) is -0.287. The summed E-state index contributed by atoms with van der Waals surface area (Å²) in [4.78, 5) is 13.1. The fourth-order valence-corrected chi connectivity index (χ4v) is 3.12. The van der Waals surface area contributed by atoms with Crippen molar-refractivity contribution < 1.29 is 9.18 Å². The topological polar surface area (TPSA) is 20.3 Å². The molecule has 0 aromatic heterocycles. The van der Waals surface area contributed by atoms with Crippen molar-refractivity contribution in [1.82, 2.24) is 0 Å². The molecule has 1 heterocycles. The van der Waals surface area contributed by atoms with Gasteiger partial charge in [-0.05, 0) is 30.4 Å². The van der Waals surface area contributed by atoms with E-state index in [0.29, 0.717) is 16.7 Å². The number of nitrogens with zero attached hydrogens (tertiary/aromatic N) is 1. The molecule has 1 aromatic rings. The SMILES string of the molecule is CCC1(CC)CCN(c2c(F)cccc2C=O)CC1. The van der Waals surface area contributed by atoms with Crippen LogP contribution in [0, 0.1) is 11.2 Å². The van der Waals surface area contributed by atoms with Crippen LogP contribution < -0.4 is 4.90 Å². The molecule has 0 saturated carbocycles. The second-order valence-electron chi connectivity index (χ2n) is 5.49. The first-order valence-corrected chi connectivity index (χ1v) is 7.14. The van der Waals surface area contributed by atoms with Crippen molar-refractivity contribution in [2.24, 2.45) is 5.41 Å². The third-order valence-electron chi connectivity index (χ3n) is 4.79. The van der Waals surface area contributed by atoms with Crippen molar-refractivity contribution in [1.29, 1.82) is 0 Å². The van der Waals surface area contributed by atoms with Crippen molar-refractivity contribution in [3.63, 3.8) is 0 Å². The molecule has 0 bridgehead atoms. The third-order valence-corrected chi connectivity index (χ3v) is 4.79. The Balaban J connectivity index is 2.20. The highest BCUT2D eigenvalue weighted by Gasteiger charge is 2.32. The molecule has 1 aliphatic rings. The van der Waals surface area contributed by atoms with Crippen molar-refractivity contribution in [3.05, 3.63) is 29.6 Å². The van der Waals surface area contributed by atoms with E-state index >= 15 is 0 Å². The van der Waals surface area contributed by atoms with E-state index in [1.54, 1.807) is 12.1 Å². The molecule has 1 fully saturated rings. The number of halogens is 1. The highest BCUT2D eigenvalue weighted by molar-refractivity contribution is 5.84. The van der Waals surface area contributed by atoms with Gasteiger partial charge in [0.1, 0.15) is 5.82 Å². The van der Waals surface area contributed by atoms with Gasteiger partial charge in [-0.1, -0.05) is 32.8 Å². The van der Waals surface area contributed by atoms with Crippen LogP contribution >= 0.6 is 0 Å². The maximum absolute atomic E-state index is 14.0. The first-order chi connectivity index (χ1) is 9.15. The van der Waals surface area contributed by atoms with Crippen molar-refractivity contribution >= 4 is 12.0 Å². The molecule has 0 atom stereocenters. The number of hydrogen-bond donors (Lipinski definition) is 0. The van der Waals surface area contributed by atoms with Gasteiger partial charge in [-0.3, -0.25) is 4.79 Å². The van der Waals surface area contributed by atoms with Crippen LogP contribution in [0.25, 0.3) is 0 Å². The van der Waals surface area contributed by atoms with E-state index in [4.69, 9.17) is 0 Å². The Bertz CT molecular complexity index is 444. The summed E-state index contributed by atoms with van der Waals surface area (Å²) in [7, 11) is 0. The van der Waals surface area contributed by atoms with Gasteiger partial charge in [0.15, 0.2) is 6.29 Å². The number of aldehydes is 1. The third kappa shape index (κ3) is 2.65. The van der Waals surface area contributed by atoms with Crippen LogP contribution in [0.15, 0.2) is 18.2 Å². The van der Waals surface area contributed by atoms with Gasteiger partial charge in [0.2, 0.25) is 0 Å². The normalized spacial score (nSPS) is 18.4. The van der Waals surface area contributed by atoms with Gasteiger partial charge in [0, 0.05) is 18.7 Å². The van der Waals surface area contributed by atoms with Gasteiger partial charge in [-0.25, -0.2) is 4.39 Å². The zero-order chi connectivity index (χ0) is 13.9. The highest BCUT2D eigenvalue weighted by Crippen LogP contribution is 2.40. The molecule has 104 valence electrons. The van der Waals surface area contributed by atoms with Gasteiger partial charge < -0.3 is 4.90 Å². The Morgan fingerprint density at radius 1 is 1.26 bits per heavy atom. The molecule has 2 rings (SSSR count). The average molecular weight is 263 g/mol. The lowest BCUT2D eigenvalue weighted by Crippen LogP contribution is -2.40. The van der Waals surface area contributed by atoms with Crippen molar-refractivity contribution in [2.75, 3.05) is 18.0 Å². The Kier molecular flexibility index (Phi) is 4.23. The second-order valence-corrected chi connectivity index (χ2v) is 5.49. The standard InChI is InChI=1S/C16H22FNO/c1-3-16(4-2)8-10-18(11-9-16)15-13(12-19)6-5-7-14(15)17/h5-7,12H,3-4,8-11H2,1-2H3. The number of benzene rings is 1. The summed E-state index contributed by atoms with van der Waals surface area (Å²) in [6.07, 6.45) is 5.25. The number of carbonyl (C=O) groups is 1. The molecule has 19 heavy (non-hydrogen) atoms. The van der Waals surface area contributed by atoms with E-state index in [2.05, 4.69) is 13.8 Å². The number of para-hydroxylation sites is 1. The molecular formula is C16H22FNO. The van der Waals surface area contributed by atoms with Crippen LogP contribution in [0.5, 0.6) is 0 Å². The van der Waals surface area contributed by atoms with Gasteiger partial charge in [-0.15, -0.1) is 0 Å². The lowest BCUT2D eigenvalue weighted by atomic mass is 9.74. The fraction of sp³-hybridized carbons (Fsp3) is 0.562. The molecule has 2 nitrogen and oxygen atoms in total. The molecule has 1 saturated heterocycles. The average Bonchev–Trinajstić information content (AvgIpc) is 2.47. The summed E-state index contributed by atoms with van der Waals surface area (Å²) in [5, 5.41) is 0. The zero-order valence-electron chi connectivity index (χ0n) is 11.8. The minimum Gasteiger partial charge on any atom is -0.369 e. The molecule has 0 unspecified atom stereocenters. The summed E-state index contributed by atoms with van der Waals surface area (Å²) in [6.45, 7) is 6.14. The van der Waals surface area contributed by atoms with E-state index in [1.165, 1.54) is 18.9 Å². The molecule has 1 aromatic carbocycles. The van der Waals surface area contributed by atoms with Crippen LogP contribution in [0.3, 0.4) is 0 Å². The predicted molar refractivity (Wildman–Crippen MR) is 76.2 cm³/mol. The van der Waals surface area contributed by atoms with E-state index in [1.807, 2.05) is 4.90 Å². The molecule has 0 radical (unpaired) electrons. The maximum Gasteiger partial charge on any atom is 0.152 e. The van der Waals surface area contributed by atoms with Gasteiger partial charge in [-0.2, -0.15) is 0 Å². The summed E-state index contributed by atoms with van der Waals surface area (Å²) in [5.41, 5.74) is 1.35. The van der Waals surface area contributed by atoms with Gasteiger partial charge >= 0.3 is 0 Å². The van der Waals surface area contributed by atoms with Crippen LogP contribution in [-0.4, -0.2) is 19.4 Å². The van der Waals surface area contributed by atoms with Gasteiger partial charge in [0.25, 0.3) is 0 Å². The van der Waals surface area contributed by atoms with E-state index < -0.39 is 0 Å². The smallest absolute Gasteiger partial charge is 0.152 e. The van der Waals surface area contributed by atoms with E-state index in [0.717, 1.165) is 32.2 Å². The van der Waals surface area contributed by atoms with Gasteiger partial charge in [0.05, 0.1) is 5.69 Å². The number of hydrogen-bond acceptors (Lipinski definition) is 2. The lowest BCUT2D eigenvalue weighted by molar-refractivity contribution is 0.112. The van der Waals surface area contributed by atoms with E-state index in [-0.39, 0.29) is 5.82 Å². The van der Waals surface area contributed by atoms with Crippen molar-refractivity contribution in [3.8, 4) is 0 Å². The fourth-order valence-electron chi connectivity index (χ4n) is 3.12. The largest absolute Gasteiger partial charge is 0.369 e. The molecule has 0 N–H and O–H groups in total. The summed E-state index contributed by atoms with van der Waals surface area (Å²) < 4.78 is 14.0. The first-order valence-electron chi connectivity index (χ1n) is 7.14. The predicted octanol–water partition coefficient (Wildman–Crippen LogP) is 4.04. The quantitative estimate of drug-likeness (QED) is 0.764. The maximum atomic E-state index is 14.0. The Morgan fingerprint density at radius 2 is 1.89 bits per heavy atom. The Labute approximate surface area is 114 Å². The number of carbonyl (C=O) groups excluding carboxylic acids is 1. The molecule has 3 heteroatoms. The molecular weight excluding hydrogens is 241 g/mol.